The van der Waals surface area contributed by atoms with Crippen LogP contribution in [0.15, 0.2) is 46.0 Å². The van der Waals surface area contributed by atoms with Crippen molar-refractivity contribution in [2.75, 3.05) is 20.2 Å². The number of nitrogens with zero attached hydrogens (tertiary/aromatic N) is 3. The minimum absolute atomic E-state index is 0.0495. The Labute approximate surface area is 200 Å². The molecule has 176 valence electrons. The molecule has 1 aliphatic carbocycles. The molecule has 3 heterocycles. The molecule has 1 aromatic carbocycles. The molecule has 9 heteroatoms. The Bertz CT molecular complexity index is 1260. The highest BCUT2D eigenvalue weighted by Crippen LogP contribution is 2.29. The topological polar surface area (TPSA) is 90.7 Å². The van der Waals surface area contributed by atoms with E-state index >= 15 is 0 Å². The standard InChI is InChI=1S/C25H25N3O5S/c1-32-25(31)24-20-6-7-27(22(29)12-18-14-34-15-26-18)8-9-28(20)23(30)13-21(24)33-19-10-16-4-2-3-5-17(16)11-19/h2-5,13-15,19H,6-12H2,1H3. The number of benzene rings is 1. The number of fused-ring (bicyclic) bond motifs is 2. The Balaban J connectivity index is 1.41. The second kappa shape index (κ2) is 9.42. The number of carbonyl (C=O) groups excluding carboxylic acids is 2. The van der Waals surface area contributed by atoms with Gasteiger partial charge in [0, 0.05) is 56.0 Å². The van der Waals surface area contributed by atoms with E-state index in [1.165, 1.54) is 35.6 Å². The monoisotopic (exact) mass is 479 g/mol. The zero-order chi connectivity index (χ0) is 23.7. The van der Waals surface area contributed by atoms with Crippen LogP contribution in [0.5, 0.6) is 5.75 Å². The molecule has 1 aliphatic heterocycles. The van der Waals surface area contributed by atoms with E-state index in [-0.39, 0.29) is 35.3 Å². The van der Waals surface area contributed by atoms with Gasteiger partial charge in [-0.25, -0.2) is 9.78 Å². The lowest BCUT2D eigenvalue weighted by Gasteiger charge is -2.20. The fraction of sp³-hybridized carbons (Fsp3) is 0.360. The number of methoxy groups -OCH3 is 1. The van der Waals surface area contributed by atoms with Crippen LogP contribution >= 0.6 is 11.3 Å². The summed E-state index contributed by atoms with van der Waals surface area (Å²) in [7, 11) is 1.32. The molecule has 0 N–H and O–H groups in total. The van der Waals surface area contributed by atoms with E-state index in [9.17, 15) is 14.4 Å². The zero-order valence-corrected chi connectivity index (χ0v) is 19.7. The molecule has 1 amide bonds. The molecular weight excluding hydrogens is 454 g/mol. The summed E-state index contributed by atoms with van der Waals surface area (Å²) in [6.45, 7) is 1.08. The van der Waals surface area contributed by atoms with E-state index in [1.807, 2.05) is 17.5 Å². The minimum Gasteiger partial charge on any atom is -0.489 e. The average molecular weight is 480 g/mol. The maximum Gasteiger partial charge on any atom is 0.343 e. The summed E-state index contributed by atoms with van der Waals surface area (Å²) in [4.78, 5) is 44.6. The fourth-order valence-electron chi connectivity index (χ4n) is 4.79. The Morgan fingerprint density at radius 3 is 2.59 bits per heavy atom. The molecule has 0 spiro atoms. The number of pyridine rings is 1. The average Bonchev–Trinajstić information content (AvgIpc) is 3.43. The highest BCUT2D eigenvalue weighted by atomic mass is 32.1. The molecule has 0 atom stereocenters. The van der Waals surface area contributed by atoms with Crippen LogP contribution in [0.2, 0.25) is 0 Å². The Hall–Kier alpha value is -3.46. The summed E-state index contributed by atoms with van der Waals surface area (Å²) in [5.74, 6) is -0.341. The van der Waals surface area contributed by atoms with E-state index in [4.69, 9.17) is 9.47 Å². The Morgan fingerprint density at radius 1 is 1.15 bits per heavy atom. The number of amides is 1. The predicted octanol–water partition coefficient (Wildman–Crippen LogP) is 2.26. The van der Waals surface area contributed by atoms with Gasteiger partial charge in [0.15, 0.2) is 0 Å². The molecule has 8 nitrogen and oxygen atoms in total. The van der Waals surface area contributed by atoms with Crippen LogP contribution in [0.4, 0.5) is 0 Å². The van der Waals surface area contributed by atoms with Gasteiger partial charge in [0.2, 0.25) is 5.91 Å². The number of carbonyl (C=O) groups is 2. The predicted molar refractivity (Wildman–Crippen MR) is 126 cm³/mol. The number of rotatable bonds is 5. The SMILES string of the molecule is COC(=O)c1c(OC2Cc3ccccc3C2)cc(=O)n2c1CCN(C(=O)Cc1cscn1)CC2. The lowest BCUT2D eigenvalue weighted by molar-refractivity contribution is -0.130. The Morgan fingerprint density at radius 2 is 1.91 bits per heavy atom. The first-order valence-electron chi connectivity index (χ1n) is 11.3. The lowest BCUT2D eigenvalue weighted by atomic mass is 10.1. The third kappa shape index (κ3) is 4.35. The van der Waals surface area contributed by atoms with E-state index in [0.29, 0.717) is 44.6 Å². The van der Waals surface area contributed by atoms with Gasteiger partial charge >= 0.3 is 5.97 Å². The van der Waals surface area contributed by atoms with Crippen molar-refractivity contribution in [3.63, 3.8) is 0 Å². The molecule has 0 saturated carbocycles. The van der Waals surface area contributed by atoms with Crippen molar-refractivity contribution in [2.45, 2.75) is 38.3 Å². The van der Waals surface area contributed by atoms with Gasteiger partial charge in [0.05, 0.1) is 24.7 Å². The van der Waals surface area contributed by atoms with E-state index < -0.39 is 5.97 Å². The largest absolute Gasteiger partial charge is 0.489 e. The van der Waals surface area contributed by atoms with Crippen LogP contribution in [0.25, 0.3) is 0 Å². The van der Waals surface area contributed by atoms with Gasteiger partial charge in [0.1, 0.15) is 17.4 Å². The highest BCUT2D eigenvalue weighted by molar-refractivity contribution is 7.07. The molecule has 2 aliphatic rings. The third-order valence-electron chi connectivity index (χ3n) is 6.46. The van der Waals surface area contributed by atoms with E-state index in [2.05, 4.69) is 17.1 Å². The molecule has 0 bridgehead atoms. The van der Waals surface area contributed by atoms with Crippen LogP contribution < -0.4 is 10.3 Å². The van der Waals surface area contributed by atoms with E-state index in [0.717, 1.165) is 5.69 Å². The first-order chi connectivity index (χ1) is 16.5. The molecule has 3 aromatic rings. The smallest absolute Gasteiger partial charge is 0.343 e. The summed E-state index contributed by atoms with van der Waals surface area (Å²) in [6.07, 6.45) is 1.84. The van der Waals surface area contributed by atoms with Crippen LogP contribution in [-0.2, 0) is 41.8 Å². The maximum atomic E-state index is 13.0. The zero-order valence-electron chi connectivity index (χ0n) is 18.9. The molecule has 0 radical (unpaired) electrons. The van der Waals surface area contributed by atoms with Crippen LogP contribution in [0, 0.1) is 0 Å². The lowest BCUT2D eigenvalue weighted by Crippen LogP contribution is -2.35. The first-order valence-corrected chi connectivity index (χ1v) is 12.2. The van der Waals surface area contributed by atoms with Crippen molar-refractivity contribution < 1.29 is 19.1 Å². The number of aromatic nitrogens is 2. The van der Waals surface area contributed by atoms with Crippen molar-refractivity contribution in [3.05, 3.63) is 79.7 Å². The number of hydrogen-bond donors (Lipinski definition) is 0. The van der Waals surface area contributed by atoms with Crippen molar-refractivity contribution in [3.8, 4) is 5.75 Å². The molecule has 0 saturated heterocycles. The molecule has 0 fully saturated rings. The quantitative estimate of drug-likeness (QED) is 0.522. The molecule has 2 aromatic heterocycles. The van der Waals surface area contributed by atoms with Gasteiger partial charge in [-0.1, -0.05) is 24.3 Å². The Kier molecular flexibility index (Phi) is 6.19. The second-order valence-corrected chi connectivity index (χ2v) is 9.23. The van der Waals surface area contributed by atoms with Gasteiger partial charge in [0.25, 0.3) is 5.56 Å². The van der Waals surface area contributed by atoms with Crippen molar-refractivity contribution >= 4 is 23.2 Å². The van der Waals surface area contributed by atoms with Crippen LogP contribution in [0.3, 0.4) is 0 Å². The van der Waals surface area contributed by atoms with Gasteiger partial charge in [-0.3, -0.25) is 9.59 Å². The molecule has 5 rings (SSSR count). The van der Waals surface area contributed by atoms with E-state index in [1.54, 1.807) is 15.0 Å². The molecular formula is C25H25N3O5S. The number of thiazole rings is 1. The maximum absolute atomic E-state index is 13.0. The number of ether oxygens (including phenoxy) is 2. The molecule has 34 heavy (non-hydrogen) atoms. The summed E-state index contributed by atoms with van der Waals surface area (Å²) in [5.41, 5.74) is 5.44. The first kappa shape index (κ1) is 22.3. The second-order valence-electron chi connectivity index (χ2n) is 8.52. The highest BCUT2D eigenvalue weighted by Gasteiger charge is 2.30. The van der Waals surface area contributed by atoms with Crippen molar-refractivity contribution in [2.24, 2.45) is 0 Å². The summed E-state index contributed by atoms with van der Waals surface area (Å²) >= 11 is 1.45. The number of hydrogen-bond acceptors (Lipinski definition) is 7. The third-order valence-corrected chi connectivity index (χ3v) is 7.09. The van der Waals surface area contributed by atoms with Crippen molar-refractivity contribution in [1.82, 2.24) is 14.5 Å². The van der Waals surface area contributed by atoms with Gasteiger partial charge < -0.3 is 18.9 Å². The number of esters is 1. The fourth-order valence-corrected chi connectivity index (χ4v) is 5.35. The van der Waals surface area contributed by atoms with Crippen molar-refractivity contribution in [1.29, 1.82) is 0 Å². The van der Waals surface area contributed by atoms with Gasteiger partial charge in [-0.2, -0.15) is 0 Å². The normalized spacial score (nSPS) is 15.4. The molecule has 0 unspecified atom stereocenters. The summed E-state index contributed by atoms with van der Waals surface area (Å²) in [6, 6.07) is 9.52. The minimum atomic E-state index is -0.545. The van der Waals surface area contributed by atoms with Crippen LogP contribution in [-0.4, -0.2) is 52.6 Å². The van der Waals surface area contributed by atoms with Gasteiger partial charge in [-0.05, 0) is 11.1 Å². The van der Waals surface area contributed by atoms with Gasteiger partial charge in [-0.15, -0.1) is 11.3 Å². The summed E-state index contributed by atoms with van der Waals surface area (Å²) < 4.78 is 12.9. The van der Waals surface area contributed by atoms with Crippen LogP contribution in [0.1, 0.15) is 32.9 Å². The summed E-state index contributed by atoms with van der Waals surface area (Å²) in [5, 5.41) is 1.86.